The second-order valence-corrected chi connectivity index (χ2v) is 3.15. The second kappa shape index (κ2) is 4.40. The molecule has 0 radical (unpaired) electrons. The molecule has 6 heteroatoms. The third-order valence-electron chi connectivity index (χ3n) is 1.91. The average molecular weight is 215 g/mol. The minimum Gasteiger partial charge on any atom is -0.360 e. The van der Waals surface area contributed by atoms with Crippen LogP contribution in [-0.4, -0.2) is 15.1 Å². The van der Waals surface area contributed by atoms with Gasteiger partial charge in [0.15, 0.2) is 17.3 Å². The summed E-state index contributed by atoms with van der Waals surface area (Å²) < 4.78 is 5.02. The van der Waals surface area contributed by atoms with Crippen molar-refractivity contribution >= 4 is 5.82 Å². The Morgan fingerprint density at radius 1 is 1.44 bits per heavy atom. The summed E-state index contributed by atoms with van der Waals surface area (Å²) in [5.41, 5.74) is 1.08. The Bertz CT molecular complexity index is 528. The highest BCUT2D eigenvalue weighted by Gasteiger charge is 2.05. The van der Waals surface area contributed by atoms with E-state index < -0.39 is 0 Å². The quantitative estimate of drug-likeness (QED) is 0.829. The molecule has 16 heavy (non-hydrogen) atoms. The molecule has 1 N–H and O–H groups in total. The van der Waals surface area contributed by atoms with Crippen LogP contribution in [0.3, 0.4) is 0 Å². The van der Waals surface area contributed by atoms with Gasteiger partial charge in [-0.1, -0.05) is 5.16 Å². The molecule has 0 fully saturated rings. The number of aryl methyl sites for hydroxylation is 1. The largest absolute Gasteiger partial charge is 0.360 e. The first-order valence-electron chi connectivity index (χ1n) is 4.67. The molecule has 0 amide bonds. The number of hydrogen-bond donors (Lipinski definition) is 1. The van der Waals surface area contributed by atoms with Gasteiger partial charge in [0.25, 0.3) is 0 Å². The molecule has 0 spiro atoms. The number of anilines is 1. The summed E-state index contributed by atoms with van der Waals surface area (Å²) in [4.78, 5) is 7.90. The Morgan fingerprint density at radius 2 is 2.25 bits per heavy atom. The molecule has 0 aliphatic heterocycles. The van der Waals surface area contributed by atoms with E-state index in [1.165, 1.54) is 12.4 Å². The van der Waals surface area contributed by atoms with Crippen LogP contribution in [0.2, 0.25) is 0 Å². The number of aromatic nitrogens is 3. The van der Waals surface area contributed by atoms with Gasteiger partial charge in [-0.3, -0.25) is 0 Å². The summed E-state index contributed by atoms with van der Waals surface area (Å²) in [6.07, 6.45) is 3.00. The van der Waals surface area contributed by atoms with Crippen LogP contribution in [0.5, 0.6) is 0 Å². The summed E-state index contributed by atoms with van der Waals surface area (Å²) in [5.74, 6) is 1.13. The van der Waals surface area contributed by atoms with Crippen molar-refractivity contribution in [3.8, 4) is 6.07 Å². The van der Waals surface area contributed by atoms with Crippen LogP contribution in [0, 0.1) is 18.3 Å². The van der Waals surface area contributed by atoms with E-state index in [0.717, 1.165) is 5.69 Å². The number of hydrogen-bond acceptors (Lipinski definition) is 6. The number of rotatable bonds is 3. The zero-order valence-corrected chi connectivity index (χ0v) is 8.64. The van der Waals surface area contributed by atoms with Crippen LogP contribution in [0.25, 0.3) is 0 Å². The maximum Gasteiger partial charge on any atom is 0.182 e. The molecule has 0 saturated heterocycles. The summed E-state index contributed by atoms with van der Waals surface area (Å²) >= 11 is 0. The topological polar surface area (TPSA) is 87.6 Å². The molecular formula is C10H9N5O. The fourth-order valence-electron chi connectivity index (χ4n) is 1.22. The lowest BCUT2D eigenvalue weighted by molar-refractivity contribution is 0.384. The van der Waals surface area contributed by atoms with Gasteiger partial charge in [0.2, 0.25) is 0 Å². The first-order chi connectivity index (χ1) is 7.79. The number of nitriles is 1. The first-order valence-corrected chi connectivity index (χ1v) is 4.67. The maximum atomic E-state index is 8.79. The fourth-order valence-corrected chi connectivity index (χ4v) is 1.22. The second-order valence-electron chi connectivity index (χ2n) is 3.15. The predicted octanol–water partition coefficient (Wildman–Crippen LogP) is 1.26. The standard InChI is InChI=1S/C10H9N5O/c1-7-4-8(16-15-7)6-14-10-9(5-11)12-2-3-13-10/h2-4H,6H2,1H3,(H,13,14). The van der Waals surface area contributed by atoms with E-state index in [9.17, 15) is 0 Å². The van der Waals surface area contributed by atoms with Gasteiger partial charge in [0.1, 0.15) is 6.07 Å². The number of nitrogens with one attached hydrogen (secondary N) is 1. The normalized spacial score (nSPS) is 9.75. The molecule has 0 atom stereocenters. The highest BCUT2D eigenvalue weighted by Crippen LogP contribution is 2.09. The molecule has 0 bridgehead atoms. The van der Waals surface area contributed by atoms with Gasteiger partial charge in [0.05, 0.1) is 12.2 Å². The van der Waals surface area contributed by atoms with E-state index >= 15 is 0 Å². The highest BCUT2D eigenvalue weighted by atomic mass is 16.5. The Labute approximate surface area is 91.9 Å². The van der Waals surface area contributed by atoms with Crippen LogP contribution >= 0.6 is 0 Å². The minimum atomic E-state index is 0.263. The van der Waals surface area contributed by atoms with E-state index in [1.807, 2.05) is 19.1 Å². The molecule has 0 aliphatic carbocycles. The molecule has 2 aromatic heterocycles. The summed E-state index contributed by atoms with van der Waals surface area (Å²) in [7, 11) is 0. The molecule has 0 aromatic carbocycles. The van der Waals surface area contributed by atoms with Crippen LogP contribution in [0.15, 0.2) is 23.0 Å². The van der Waals surface area contributed by atoms with Crippen molar-refractivity contribution in [2.75, 3.05) is 5.32 Å². The smallest absolute Gasteiger partial charge is 0.182 e. The van der Waals surface area contributed by atoms with E-state index in [2.05, 4.69) is 20.4 Å². The monoisotopic (exact) mass is 215 g/mol. The Hall–Kier alpha value is -2.42. The summed E-state index contributed by atoms with van der Waals surface area (Å²) in [5, 5.41) is 15.5. The fraction of sp³-hybridized carbons (Fsp3) is 0.200. The third-order valence-corrected chi connectivity index (χ3v) is 1.91. The van der Waals surface area contributed by atoms with Gasteiger partial charge in [0, 0.05) is 18.5 Å². The maximum absolute atomic E-state index is 8.79. The van der Waals surface area contributed by atoms with Gasteiger partial charge in [-0.25, -0.2) is 9.97 Å². The molecule has 2 rings (SSSR count). The summed E-state index contributed by atoms with van der Waals surface area (Å²) in [6.45, 7) is 2.27. The van der Waals surface area contributed by atoms with Gasteiger partial charge >= 0.3 is 0 Å². The van der Waals surface area contributed by atoms with Gasteiger partial charge in [-0.05, 0) is 6.92 Å². The first kappa shape index (κ1) is 10.1. The van der Waals surface area contributed by atoms with Crippen molar-refractivity contribution < 1.29 is 4.52 Å². The van der Waals surface area contributed by atoms with Gasteiger partial charge in [-0.15, -0.1) is 0 Å². The minimum absolute atomic E-state index is 0.263. The zero-order valence-electron chi connectivity index (χ0n) is 8.64. The van der Waals surface area contributed by atoms with Gasteiger partial charge < -0.3 is 9.84 Å². The van der Waals surface area contributed by atoms with E-state index in [4.69, 9.17) is 9.78 Å². The SMILES string of the molecule is Cc1cc(CNc2nccnc2C#N)on1. The van der Waals surface area contributed by atoms with E-state index in [1.54, 1.807) is 0 Å². The molecule has 2 heterocycles. The van der Waals surface area contributed by atoms with Crippen molar-refractivity contribution in [1.82, 2.24) is 15.1 Å². The average Bonchev–Trinajstić information content (AvgIpc) is 2.73. The van der Waals surface area contributed by atoms with E-state index in [0.29, 0.717) is 18.1 Å². The van der Waals surface area contributed by atoms with Crippen LogP contribution in [0.4, 0.5) is 5.82 Å². The molecule has 6 nitrogen and oxygen atoms in total. The Morgan fingerprint density at radius 3 is 2.94 bits per heavy atom. The molecule has 0 aliphatic rings. The predicted molar refractivity (Wildman–Crippen MR) is 55.3 cm³/mol. The van der Waals surface area contributed by atoms with Crippen LogP contribution < -0.4 is 5.32 Å². The molecular weight excluding hydrogens is 206 g/mol. The molecule has 0 unspecified atom stereocenters. The molecule has 0 saturated carbocycles. The molecule has 2 aromatic rings. The van der Waals surface area contributed by atoms with Crippen molar-refractivity contribution in [2.24, 2.45) is 0 Å². The lowest BCUT2D eigenvalue weighted by Gasteiger charge is -2.02. The molecule has 80 valence electrons. The van der Waals surface area contributed by atoms with Crippen LogP contribution in [0.1, 0.15) is 17.1 Å². The van der Waals surface area contributed by atoms with Crippen molar-refractivity contribution in [1.29, 1.82) is 5.26 Å². The van der Waals surface area contributed by atoms with Crippen molar-refractivity contribution in [3.63, 3.8) is 0 Å². The highest BCUT2D eigenvalue weighted by molar-refractivity contribution is 5.46. The lowest BCUT2D eigenvalue weighted by Crippen LogP contribution is -2.03. The lowest BCUT2D eigenvalue weighted by atomic mass is 10.3. The van der Waals surface area contributed by atoms with Crippen molar-refractivity contribution in [3.05, 3.63) is 35.6 Å². The number of nitrogens with zero attached hydrogens (tertiary/aromatic N) is 4. The third kappa shape index (κ3) is 2.15. The van der Waals surface area contributed by atoms with E-state index in [-0.39, 0.29) is 5.69 Å². The van der Waals surface area contributed by atoms with Crippen molar-refractivity contribution in [2.45, 2.75) is 13.5 Å². The Balaban J connectivity index is 2.08. The zero-order chi connectivity index (χ0) is 11.4. The van der Waals surface area contributed by atoms with Crippen LogP contribution in [-0.2, 0) is 6.54 Å². The van der Waals surface area contributed by atoms with Gasteiger partial charge in [-0.2, -0.15) is 5.26 Å². The Kier molecular flexibility index (Phi) is 2.78. The summed E-state index contributed by atoms with van der Waals surface area (Å²) in [6, 6.07) is 3.77.